The molecule has 2 aliphatic rings. The third kappa shape index (κ3) is 2.43. The summed E-state index contributed by atoms with van der Waals surface area (Å²) in [6.07, 6.45) is 3.53. The number of likely N-dealkylation sites (tertiary alicyclic amines) is 1. The third-order valence-corrected chi connectivity index (χ3v) is 4.83. The van der Waals surface area contributed by atoms with Gasteiger partial charge < -0.3 is 5.11 Å². The highest BCUT2D eigenvalue weighted by molar-refractivity contribution is 7.98. The fraction of sp³-hybridized carbons (Fsp3) is 0.846. The van der Waals surface area contributed by atoms with Gasteiger partial charge >= 0.3 is 0 Å². The van der Waals surface area contributed by atoms with Gasteiger partial charge in [0.05, 0.1) is 24.0 Å². The van der Waals surface area contributed by atoms with E-state index in [0.29, 0.717) is 11.7 Å². The van der Waals surface area contributed by atoms with Crippen LogP contribution in [0.2, 0.25) is 0 Å². The fourth-order valence-electron chi connectivity index (χ4n) is 3.20. The van der Waals surface area contributed by atoms with Crippen LogP contribution in [0.25, 0.3) is 0 Å². The van der Waals surface area contributed by atoms with Gasteiger partial charge in [0.25, 0.3) is 0 Å². The molecule has 1 N–H and O–H groups in total. The van der Waals surface area contributed by atoms with Gasteiger partial charge in [-0.3, -0.25) is 14.5 Å². The maximum atomic E-state index is 12.2. The topological polar surface area (TPSA) is 57.6 Å². The molecular formula is C13H21NO3S. The van der Waals surface area contributed by atoms with Gasteiger partial charge in [0.1, 0.15) is 0 Å². The van der Waals surface area contributed by atoms with Gasteiger partial charge in [-0.25, -0.2) is 0 Å². The number of carbonyl (C=O) groups is 2. The third-order valence-electron chi connectivity index (χ3n) is 3.92. The van der Waals surface area contributed by atoms with Crippen LogP contribution in [0.4, 0.5) is 0 Å². The van der Waals surface area contributed by atoms with Crippen LogP contribution in [-0.2, 0) is 9.59 Å². The van der Waals surface area contributed by atoms with Crippen LogP contribution in [0.15, 0.2) is 0 Å². The average molecular weight is 271 g/mol. The van der Waals surface area contributed by atoms with E-state index in [1.807, 2.05) is 6.26 Å². The quantitative estimate of drug-likeness (QED) is 0.779. The van der Waals surface area contributed by atoms with Gasteiger partial charge in [0.2, 0.25) is 11.8 Å². The van der Waals surface area contributed by atoms with Crippen molar-refractivity contribution in [3.8, 4) is 0 Å². The molecule has 1 heterocycles. The van der Waals surface area contributed by atoms with Crippen molar-refractivity contribution in [2.24, 2.45) is 17.8 Å². The first-order valence-corrected chi connectivity index (χ1v) is 7.81. The Morgan fingerprint density at radius 1 is 1.33 bits per heavy atom. The Balaban J connectivity index is 2.08. The van der Waals surface area contributed by atoms with Crippen molar-refractivity contribution in [1.82, 2.24) is 4.90 Å². The molecular weight excluding hydrogens is 250 g/mol. The summed E-state index contributed by atoms with van der Waals surface area (Å²) in [4.78, 5) is 25.7. The van der Waals surface area contributed by atoms with Gasteiger partial charge in [0.15, 0.2) is 0 Å². The molecule has 1 saturated carbocycles. The maximum Gasteiger partial charge on any atom is 0.233 e. The highest BCUT2D eigenvalue weighted by Crippen LogP contribution is 2.43. The molecule has 0 aromatic rings. The minimum atomic E-state index is -0.991. The van der Waals surface area contributed by atoms with Crippen LogP contribution in [0.1, 0.15) is 26.7 Å². The lowest BCUT2D eigenvalue weighted by atomic mass is 10.00. The number of amides is 2. The zero-order chi connectivity index (χ0) is 13.5. The van der Waals surface area contributed by atoms with Gasteiger partial charge in [0, 0.05) is 5.75 Å². The van der Waals surface area contributed by atoms with E-state index in [1.54, 1.807) is 6.92 Å². The van der Waals surface area contributed by atoms with Crippen molar-refractivity contribution in [3.63, 3.8) is 0 Å². The predicted molar refractivity (Wildman–Crippen MR) is 71.1 cm³/mol. The summed E-state index contributed by atoms with van der Waals surface area (Å²) in [6, 6.07) is 0. The molecule has 0 aromatic carbocycles. The van der Waals surface area contributed by atoms with Crippen molar-refractivity contribution < 1.29 is 14.7 Å². The Morgan fingerprint density at radius 2 is 1.83 bits per heavy atom. The summed E-state index contributed by atoms with van der Waals surface area (Å²) in [6.45, 7) is 3.90. The molecule has 0 aromatic heterocycles. The number of hydrogen-bond donors (Lipinski definition) is 1. The first-order valence-electron chi connectivity index (χ1n) is 6.42. The molecule has 1 aliphatic carbocycles. The Labute approximate surface area is 112 Å². The molecule has 5 heteroatoms. The Morgan fingerprint density at radius 3 is 2.28 bits per heavy atom. The summed E-state index contributed by atoms with van der Waals surface area (Å²) in [5.74, 6) is 0.582. The lowest BCUT2D eigenvalue weighted by Gasteiger charge is -2.28. The molecule has 2 rings (SSSR count). The van der Waals surface area contributed by atoms with Crippen LogP contribution >= 0.6 is 11.8 Å². The molecule has 0 radical (unpaired) electrons. The highest BCUT2D eigenvalue weighted by Gasteiger charge is 2.52. The number of aliphatic hydroxyl groups is 1. The van der Waals surface area contributed by atoms with Crippen molar-refractivity contribution in [3.05, 3.63) is 0 Å². The predicted octanol–water partition coefficient (Wildman–Crippen LogP) is 1.13. The summed E-state index contributed by atoms with van der Waals surface area (Å²) >= 11 is 1.52. The molecule has 2 amide bonds. The van der Waals surface area contributed by atoms with E-state index in [2.05, 4.69) is 6.92 Å². The SMILES string of the molecule is CSCC(C)(O)CN1C(=O)C2CC(C)CC2C1=O. The van der Waals surface area contributed by atoms with E-state index in [-0.39, 0.29) is 30.2 Å². The van der Waals surface area contributed by atoms with Crippen molar-refractivity contribution in [2.45, 2.75) is 32.3 Å². The first-order chi connectivity index (χ1) is 8.35. The number of thioether (sulfide) groups is 1. The van der Waals surface area contributed by atoms with Crippen LogP contribution in [0, 0.1) is 17.8 Å². The standard InChI is InChI=1S/C13H21NO3S/c1-8-4-9-10(5-8)12(16)14(11(9)15)6-13(2,17)7-18-3/h8-10,17H,4-7H2,1-3H3. The van der Waals surface area contributed by atoms with Gasteiger partial charge in [-0.15, -0.1) is 0 Å². The van der Waals surface area contributed by atoms with E-state index in [0.717, 1.165) is 12.8 Å². The zero-order valence-corrected chi connectivity index (χ0v) is 12.0. The largest absolute Gasteiger partial charge is 0.387 e. The molecule has 2 fully saturated rings. The molecule has 0 spiro atoms. The number of carbonyl (C=O) groups excluding carboxylic acids is 2. The molecule has 102 valence electrons. The van der Waals surface area contributed by atoms with E-state index < -0.39 is 5.60 Å². The fourth-order valence-corrected chi connectivity index (χ4v) is 3.91. The van der Waals surface area contributed by atoms with E-state index in [1.165, 1.54) is 16.7 Å². The monoisotopic (exact) mass is 271 g/mol. The highest BCUT2D eigenvalue weighted by atomic mass is 32.2. The lowest BCUT2D eigenvalue weighted by molar-refractivity contribution is -0.143. The van der Waals surface area contributed by atoms with Crippen LogP contribution in [0.3, 0.4) is 0 Å². The molecule has 1 aliphatic heterocycles. The van der Waals surface area contributed by atoms with Gasteiger partial charge in [-0.05, 0) is 31.9 Å². The second kappa shape index (κ2) is 4.85. The minimum absolute atomic E-state index is 0.0734. The van der Waals surface area contributed by atoms with Crippen LogP contribution < -0.4 is 0 Å². The van der Waals surface area contributed by atoms with Crippen molar-refractivity contribution in [1.29, 1.82) is 0 Å². The minimum Gasteiger partial charge on any atom is -0.387 e. The number of imide groups is 1. The summed E-state index contributed by atoms with van der Waals surface area (Å²) in [5.41, 5.74) is -0.991. The van der Waals surface area contributed by atoms with Crippen molar-refractivity contribution in [2.75, 3.05) is 18.6 Å². The summed E-state index contributed by atoms with van der Waals surface area (Å²) in [5, 5.41) is 10.2. The number of hydrogen-bond acceptors (Lipinski definition) is 4. The molecule has 3 unspecified atom stereocenters. The average Bonchev–Trinajstić information content (AvgIpc) is 2.73. The summed E-state index contributed by atoms with van der Waals surface area (Å²) in [7, 11) is 0. The summed E-state index contributed by atoms with van der Waals surface area (Å²) < 4.78 is 0. The zero-order valence-electron chi connectivity index (χ0n) is 11.2. The lowest BCUT2D eigenvalue weighted by Crippen LogP contribution is -2.46. The van der Waals surface area contributed by atoms with Gasteiger partial charge in [-0.2, -0.15) is 11.8 Å². The Kier molecular flexibility index (Phi) is 3.74. The Bertz CT molecular complexity index is 345. The van der Waals surface area contributed by atoms with Crippen LogP contribution in [-0.4, -0.2) is 46.0 Å². The first kappa shape index (κ1) is 13.9. The van der Waals surface area contributed by atoms with E-state index in [9.17, 15) is 14.7 Å². The number of β-amino-alcohol motifs (C(OH)–C–C–N with tert-alkyl or cyclic N) is 1. The van der Waals surface area contributed by atoms with Gasteiger partial charge in [-0.1, -0.05) is 6.92 Å². The maximum absolute atomic E-state index is 12.2. The number of nitrogens with zero attached hydrogens (tertiary/aromatic N) is 1. The van der Waals surface area contributed by atoms with Crippen molar-refractivity contribution >= 4 is 23.6 Å². The second-order valence-corrected chi connectivity index (χ2v) is 6.85. The second-order valence-electron chi connectivity index (χ2n) is 5.98. The molecule has 1 saturated heterocycles. The Hall–Kier alpha value is -0.550. The smallest absolute Gasteiger partial charge is 0.233 e. The molecule has 3 atom stereocenters. The number of rotatable bonds is 4. The normalized spacial score (nSPS) is 34.9. The molecule has 4 nitrogen and oxygen atoms in total. The number of fused-ring (bicyclic) bond motifs is 1. The molecule has 0 bridgehead atoms. The van der Waals surface area contributed by atoms with Crippen LogP contribution in [0.5, 0.6) is 0 Å². The van der Waals surface area contributed by atoms with E-state index >= 15 is 0 Å². The van der Waals surface area contributed by atoms with E-state index in [4.69, 9.17) is 0 Å². The molecule has 18 heavy (non-hydrogen) atoms.